The Morgan fingerprint density at radius 1 is 0.833 bits per heavy atom. The Balaban J connectivity index is 2.05. The van der Waals surface area contributed by atoms with E-state index in [0.717, 1.165) is 33.4 Å². The van der Waals surface area contributed by atoms with Crippen LogP contribution in [-0.4, -0.2) is 31.7 Å². The van der Waals surface area contributed by atoms with Gasteiger partial charge in [0.2, 0.25) is 0 Å². The van der Waals surface area contributed by atoms with Crippen molar-refractivity contribution < 1.29 is 19.1 Å². The van der Waals surface area contributed by atoms with Gasteiger partial charge in [-0.05, 0) is 39.4 Å². The van der Waals surface area contributed by atoms with Crippen LogP contribution >= 0.6 is 0 Å². The molecule has 2 N–H and O–H groups in total. The Kier molecular flexibility index (Phi) is 5.14. The Bertz CT molecular complexity index is 1110. The third kappa shape index (κ3) is 3.27. The predicted octanol–water partition coefficient (Wildman–Crippen LogP) is 3.78. The van der Waals surface area contributed by atoms with Gasteiger partial charge in [0.15, 0.2) is 0 Å². The molecule has 0 unspecified atom stereocenters. The first-order valence-corrected chi connectivity index (χ1v) is 9.73. The summed E-state index contributed by atoms with van der Waals surface area (Å²) in [6.07, 6.45) is 0.615. The summed E-state index contributed by atoms with van der Waals surface area (Å²) in [6.45, 7) is 0. The van der Waals surface area contributed by atoms with Crippen LogP contribution in [0.1, 0.15) is 21.5 Å². The van der Waals surface area contributed by atoms with E-state index < -0.39 is 17.5 Å². The predicted molar refractivity (Wildman–Crippen MR) is 115 cm³/mol. The van der Waals surface area contributed by atoms with E-state index in [9.17, 15) is 9.59 Å². The molecular formula is C25H23NO4. The molecule has 5 nitrogen and oxygen atoms in total. The Morgan fingerprint density at radius 2 is 1.40 bits per heavy atom. The average Bonchev–Trinajstić information content (AvgIpc) is 3.16. The molecule has 0 bridgehead atoms. The van der Waals surface area contributed by atoms with Gasteiger partial charge in [-0.1, -0.05) is 60.7 Å². The molecule has 4 rings (SSSR count). The molecule has 5 heteroatoms. The van der Waals surface area contributed by atoms with Gasteiger partial charge in [-0.25, -0.2) is 4.79 Å². The number of hydrogen-bond donors (Lipinski definition) is 1. The maximum Gasteiger partial charge on any atom is 0.338 e. The lowest BCUT2D eigenvalue weighted by Gasteiger charge is -2.20. The molecule has 0 saturated heterocycles. The Labute approximate surface area is 175 Å². The number of fused-ring (bicyclic) bond motifs is 1. The molecule has 0 heterocycles. The third-order valence-electron chi connectivity index (χ3n) is 5.68. The van der Waals surface area contributed by atoms with Crippen molar-refractivity contribution in [2.24, 2.45) is 5.73 Å². The van der Waals surface area contributed by atoms with Gasteiger partial charge in [0, 0.05) is 12.8 Å². The monoisotopic (exact) mass is 401 g/mol. The number of methoxy groups -OCH3 is 2. The van der Waals surface area contributed by atoms with Gasteiger partial charge in [-0.2, -0.15) is 0 Å². The normalized spacial score (nSPS) is 17.3. The van der Waals surface area contributed by atoms with Crippen molar-refractivity contribution in [2.75, 3.05) is 14.2 Å². The number of nitrogens with two attached hydrogens (primary N) is 1. The van der Waals surface area contributed by atoms with E-state index in [1.807, 2.05) is 66.7 Å². The second kappa shape index (κ2) is 7.76. The fraction of sp³-hybridized carbons (Fsp3) is 0.200. The van der Waals surface area contributed by atoms with Crippen LogP contribution in [0.2, 0.25) is 0 Å². The van der Waals surface area contributed by atoms with Crippen molar-refractivity contribution in [3.05, 3.63) is 83.4 Å². The third-order valence-corrected chi connectivity index (χ3v) is 5.68. The Morgan fingerprint density at radius 3 is 1.97 bits per heavy atom. The van der Waals surface area contributed by atoms with Crippen LogP contribution < -0.4 is 5.73 Å². The first-order chi connectivity index (χ1) is 14.5. The zero-order valence-corrected chi connectivity index (χ0v) is 17.0. The van der Waals surface area contributed by atoms with Crippen LogP contribution in [0.25, 0.3) is 22.3 Å². The maximum absolute atomic E-state index is 12.8. The molecule has 0 radical (unpaired) electrons. The fourth-order valence-electron chi connectivity index (χ4n) is 4.30. The molecule has 152 valence electrons. The number of benzene rings is 3. The molecule has 0 saturated carbocycles. The lowest BCUT2D eigenvalue weighted by atomic mass is 9.86. The number of carbonyl (C=O) groups excluding carboxylic acids is 2. The molecular weight excluding hydrogens is 378 g/mol. The zero-order valence-electron chi connectivity index (χ0n) is 17.0. The fourth-order valence-corrected chi connectivity index (χ4v) is 4.30. The van der Waals surface area contributed by atoms with Crippen molar-refractivity contribution in [1.82, 2.24) is 0 Å². The van der Waals surface area contributed by atoms with Gasteiger partial charge in [-0.3, -0.25) is 4.79 Å². The molecule has 3 aromatic rings. The van der Waals surface area contributed by atoms with E-state index in [-0.39, 0.29) is 6.42 Å². The standard InChI is InChI=1S/C25H23NO4/c1-29-23(27)19-13-18(16-9-5-3-6-10-16)20-14-25(26,24(28)30-2)15-21(20)22(19)17-11-7-4-8-12-17/h3-13H,14-15,26H2,1-2H3/t25-/m1/s1. The van der Waals surface area contributed by atoms with Gasteiger partial charge in [-0.15, -0.1) is 0 Å². The molecule has 30 heavy (non-hydrogen) atoms. The van der Waals surface area contributed by atoms with Crippen LogP contribution in [0.15, 0.2) is 66.7 Å². The van der Waals surface area contributed by atoms with Gasteiger partial charge in [0.05, 0.1) is 19.8 Å². The second-order valence-electron chi connectivity index (χ2n) is 7.53. The highest BCUT2D eigenvalue weighted by molar-refractivity contribution is 6.01. The first-order valence-electron chi connectivity index (χ1n) is 9.73. The van der Waals surface area contributed by atoms with Crippen LogP contribution in [0.5, 0.6) is 0 Å². The molecule has 0 amide bonds. The summed E-state index contributed by atoms with van der Waals surface area (Å²) < 4.78 is 10.1. The molecule has 1 atom stereocenters. The van der Waals surface area contributed by atoms with E-state index in [2.05, 4.69) is 0 Å². The quantitative estimate of drug-likeness (QED) is 0.673. The molecule has 0 fully saturated rings. The van der Waals surface area contributed by atoms with Crippen molar-refractivity contribution in [3.63, 3.8) is 0 Å². The minimum Gasteiger partial charge on any atom is -0.468 e. The smallest absolute Gasteiger partial charge is 0.338 e. The van der Waals surface area contributed by atoms with Gasteiger partial charge in [0.25, 0.3) is 0 Å². The number of ether oxygens (including phenoxy) is 2. The number of rotatable bonds is 4. The summed E-state index contributed by atoms with van der Waals surface area (Å²) >= 11 is 0. The van der Waals surface area contributed by atoms with E-state index >= 15 is 0 Å². The van der Waals surface area contributed by atoms with Gasteiger partial charge < -0.3 is 15.2 Å². The molecule has 0 aliphatic heterocycles. The summed E-state index contributed by atoms with van der Waals surface area (Å²) in [5.74, 6) is -0.891. The topological polar surface area (TPSA) is 78.6 Å². The minimum absolute atomic E-state index is 0.282. The van der Waals surface area contributed by atoms with Crippen molar-refractivity contribution >= 4 is 11.9 Å². The SMILES string of the molecule is COC(=O)c1cc(-c2ccccc2)c2c(c1-c1ccccc1)C[C@@](N)(C(=O)OC)C2. The zero-order chi connectivity index (χ0) is 21.3. The molecule has 3 aromatic carbocycles. The van der Waals surface area contributed by atoms with Crippen LogP contribution in [-0.2, 0) is 27.1 Å². The van der Waals surface area contributed by atoms with E-state index in [1.54, 1.807) is 0 Å². The Hall–Kier alpha value is -3.44. The molecule has 0 aromatic heterocycles. The summed E-state index contributed by atoms with van der Waals surface area (Å²) in [4.78, 5) is 25.3. The van der Waals surface area contributed by atoms with Crippen molar-refractivity contribution in [3.8, 4) is 22.3 Å². The summed E-state index contributed by atoms with van der Waals surface area (Å²) in [6, 6.07) is 21.3. The average molecular weight is 401 g/mol. The lowest BCUT2D eigenvalue weighted by Crippen LogP contribution is -2.49. The van der Waals surface area contributed by atoms with Crippen molar-refractivity contribution in [2.45, 2.75) is 18.4 Å². The summed E-state index contributed by atoms with van der Waals surface area (Å²) in [7, 11) is 2.71. The summed E-state index contributed by atoms with van der Waals surface area (Å²) in [5.41, 5.74) is 11.1. The van der Waals surface area contributed by atoms with Crippen LogP contribution in [0.4, 0.5) is 0 Å². The number of carbonyl (C=O) groups is 2. The number of esters is 2. The highest BCUT2D eigenvalue weighted by Gasteiger charge is 2.44. The van der Waals surface area contributed by atoms with Crippen LogP contribution in [0.3, 0.4) is 0 Å². The molecule has 0 spiro atoms. The first kappa shape index (κ1) is 19.9. The highest BCUT2D eigenvalue weighted by atomic mass is 16.5. The van der Waals surface area contributed by atoms with Crippen molar-refractivity contribution in [1.29, 1.82) is 0 Å². The minimum atomic E-state index is -1.18. The van der Waals surface area contributed by atoms with E-state index in [1.165, 1.54) is 14.2 Å². The summed E-state index contributed by atoms with van der Waals surface area (Å²) in [5, 5.41) is 0. The second-order valence-corrected chi connectivity index (χ2v) is 7.53. The van der Waals surface area contributed by atoms with Gasteiger partial charge >= 0.3 is 11.9 Å². The highest BCUT2D eigenvalue weighted by Crippen LogP contribution is 2.44. The van der Waals surface area contributed by atoms with Gasteiger partial charge in [0.1, 0.15) is 5.54 Å². The van der Waals surface area contributed by atoms with Crippen LogP contribution in [0, 0.1) is 0 Å². The lowest BCUT2D eigenvalue weighted by molar-refractivity contribution is -0.146. The van der Waals surface area contributed by atoms with E-state index in [4.69, 9.17) is 15.2 Å². The maximum atomic E-state index is 12.8. The molecule has 1 aliphatic rings. The number of hydrogen-bond acceptors (Lipinski definition) is 5. The molecule has 1 aliphatic carbocycles. The van der Waals surface area contributed by atoms with E-state index in [0.29, 0.717) is 12.0 Å². The largest absolute Gasteiger partial charge is 0.468 e.